The van der Waals surface area contributed by atoms with Crippen molar-refractivity contribution in [2.24, 2.45) is 5.92 Å². The fraction of sp³-hybridized carbons (Fsp3) is 0.200. The molecule has 2 rings (SSSR count). The average molecular weight is 415 g/mol. The maximum absolute atomic E-state index is 12.5. The second kappa shape index (κ2) is 9.65. The van der Waals surface area contributed by atoms with Gasteiger partial charge in [-0.15, -0.1) is 0 Å². The Balaban J connectivity index is 2.06. The number of ether oxygens (including phenoxy) is 1. The molecule has 2 amide bonds. The first-order valence-electron chi connectivity index (χ1n) is 8.66. The third-order valence-corrected chi connectivity index (χ3v) is 4.06. The third-order valence-electron chi connectivity index (χ3n) is 3.85. The molecular weight excluding hydrogens is 394 g/mol. The zero-order valence-electron chi connectivity index (χ0n) is 16.1. The van der Waals surface area contributed by atoms with Crippen molar-refractivity contribution in [1.29, 1.82) is 0 Å². The number of carboxylic acid groups (broad SMARTS) is 1. The van der Waals surface area contributed by atoms with Crippen LogP contribution in [0.5, 0.6) is 5.75 Å². The van der Waals surface area contributed by atoms with Gasteiger partial charge in [0, 0.05) is 23.4 Å². The molecule has 0 fully saturated rings. The van der Waals surface area contributed by atoms with Crippen molar-refractivity contribution in [3.05, 3.63) is 53.6 Å². The minimum Gasteiger partial charge on any atom is -0.496 e. The first-order chi connectivity index (χ1) is 13.7. The van der Waals surface area contributed by atoms with Crippen LogP contribution in [-0.2, 0) is 4.79 Å². The molecule has 2 aromatic carbocycles. The molecule has 0 radical (unpaired) electrons. The van der Waals surface area contributed by atoms with Crippen molar-refractivity contribution in [2.45, 2.75) is 13.8 Å². The highest BCUT2D eigenvalue weighted by Crippen LogP contribution is 2.23. The van der Waals surface area contributed by atoms with Crippen LogP contribution in [0.2, 0.25) is 0 Å². The molecule has 0 atom stereocenters. The van der Waals surface area contributed by atoms with Crippen LogP contribution in [-0.4, -0.2) is 35.1 Å². The van der Waals surface area contributed by atoms with Crippen LogP contribution in [0.15, 0.2) is 42.5 Å². The molecule has 2 aromatic rings. The minimum atomic E-state index is -1.03. The van der Waals surface area contributed by atoms with E-state index in [0.717, 1.165) is 0 Å². The largest absolute Gasteiger partial charge is 0.496 e. The summed E-state index contributed by atoms with van der Waals surface area (Å²) >= 11 is 5.13. The van der Waals surface area contributed by atoms with Gasteiger partial charge in [-0.25, -0.2) is 4.79 Å². The molecule has 4 N–H and O–H groups in total. The van der Waals surface area contributed by atoms with Gasteiger partial charge < -0.3 is 20.5 Å². The molecular formula is C20H21N3O5S. The Labute approximate surface area is 173 Å². The predicted octanol–water partition coefficient (Wildman–Crippen LogP) is 3.11. The molecule has 8 nitrogen and oxygen atoms in total. The summed E-state index contributed by atoms with van der Waals surface area (Å²) in [6.45, 7) is 3.55. The molecule has 0 aliphatic rings. The number of carbonyl (C=O) groups excluding carboxylic acids is 2. The SMILES string of the molecule is COc1cc(NC(=O)C(C)C)ccc1C(=O)NC(=S)Nc1ccc(C(=O)O)cc1. The second-order valence-electron chi connectivity index (χ2n) is 6.35. The maximum Gasteiger partial charge on any atom is 0.335 e. The van der Waals surface area contributed by atoms with Gasteiger partial charge in [0.05, 0.1) is 18.2 Å². The quantitative estimate of drug-likeness (QED) is 0.536. The standard InChI is InChI=1S/C20H21N3O5S/c1-11(2)17(24)21-14-8-9-15(16(10-14)28-3)18(25)23-20(29)22-13-6-4-12(5-7-13)19(26)27/h4-11H,1-3H3,(H,21,24)(H,26,27)(H2,22,23,25,29). The molecule has 152 valence electrons. The van der Waals surface area contributed by atoms with Crippen LogP contribution in [0, 0.1) is 5.92 Å². The van der Waals surface area contributed by atoms with Crippen molar-refractivity contribution in [1.82, 2.24) is 5.32 Å². The molecule has 9 heteroatoms. The average Bonchev–Trinajstić information content (AvgIpc) is 2.67. The number of amides is 2. The van der Waals surface area contributed by atoms with E-state index in [2.05, 4.69) is 16.0 Å². The molecule has 0 aromatic heterocycles. The normalized spacial score (nSPS) is 10.2. The van der Waals surface area contributed by atoms with Gasteiger partial charge >= 0.3 is 5.97 Å². The fourth-order valence-electron chi connectivity index (χ4n) is 2.27. The highest BCUT2D eigenvalue weighted by Gasteiger charge is 2.16. The summed E-state index contributed by atoms with van der Waals surface area (Å²) in [5, 5.41) is 17.0. The van der Waals surface area contributed by atoms with Crippen LogP contribution in [0.25, 0.3) is 0 Å². The molecule has 0 bridgehead atoms. The highest BCUT2D eigenvalue weighted by atomic mass is 32.1. The number of carboxylic acids is 1. The van der Waals surface area contributed by atoms with E-state index in [0.29, 0.717) is 11.4 Å². The van der Waals surface area contributed by atoms with Gasteiger partial charge in [-0.3, -0.25) is 14.9 Å². The number of hydrogen-bond donors (Lipinski definition) is 4. The Morgan fingerprint density at radius 3 is 2.17 bits per heavy atom. The number of rotatable bonds is 6. The lowest BCUT2D eigenvalue weighted by atomic mass is 10.1. The van der Waals surface area contributed by atoms with E-state index in [-0.39, 0.29) is 33.8 Å². The number of benzene rings is 2. The maximum atomic E-state index is 12.5. The van der Waals surface area contributed by atoms with Crippen molar-refractivity contribution in [3.8, 4) is 5.75 Å². The zero-order valence-corrected chi connectivity index (χ0v) is 16.9. The predicted molar refractivity (Wildman–Crippen MR) is 114 cm³/mol. The summed E-state index contributed by atoms with van der Waals surface area (Å²) in [6.07, 6.45) is 0. The summed E-state index contributed by atoms with van der Waals surface area (Å²) in [7, 11) is 1.42. The van der Waals surface area contributed by atoms with Crippen molar-refractivity contribution >= 4 is 46.5 Å². The highest BCUT2D eigenvalue weighted by molar-refractivity contribution is 7.80. The number of thiocarbonyl (C=S) groups is 1. The van der Waals surface area contributed by atoms with Crippen LogP contribution >= 0.6 is 12.2 Å². The third kappa shape index (κ3) is 6.01. The van der Waals surface area contributed by atoms with Crippen molar-refractivity contribution in [3.63, 3.8) is 0 Å². The van der Waals surface area contributed by atoms with E-state index >= 15 is 0 Å². The fourth-order valence-corrected chi connectivity index (χ4v) is 2.48. The first-order valence-corrected chi connectivity index (χ1v) is 9.06. The summed E-state index contributed by atoms with van der Waals surface area (Å²) in [6, 6.07) is 10.6. The summed E-state index contributed by atoms with van der Waals surface area (Å²) in [5.41, 5.74) is 1.41. The molecule has 0 unspecified atom stereocenters. The van der Waals surface area contributed by atoms with E-state index in [1.165, 1.54) is 37.4 Å². The van der Waals surface area contributed by atoms with E-state index in [1.54, 1.807) is 26.0 Å². The molecule has 0 heterocycles. The van der Waals surface area contributed by atoms with Gasteiger partial charge in [-0.1, -0.05) is 13.8 Å². The van der Waals surface area contributed by atoms with Gasteiger partial charge in [0.2, 0.25) is 5.91 Å². The number of carbonyl (C=O) groups is 3. The monoisotopic (exact) mass is 415 g/mol. The molecule has 0 aliphatic heterocycles. The number of nitrogens with one attached hydrogen (secondary N) is 3. The second-order valence-corrected chi connectivity index (χ2v) is 6.76. The van der Waals surface area contributed by atoms with Gasteiger partial charge in [-0.2, -0.15) is 0 Å². The molecule has 0 saturated heterocycles. The topological polar surface area (TPSA) is 117 Å². The van der Waals surface area contributed by atoms with Crippen molar-refractivity contribution < 1.29 is 24.2 Å². The van der Waals surface area contributed by atoms with Crippen LogP contribution in [0.1, 0.15) is 34.6 Å². The van der Waals surface area contributed by atoms with E-state index < -0.39 is 11.9 Å². The summed E-state index contributed by atoms with van der Waals surface area (Å²) in [5.74, 6) is -1.59. The van der Waals surface area contributed by atoms with Gasteiger partial charge in [0.15, 0.2) is 5.11 Å². The van der Waals surface area contributed by atoms with E-state index in [9.17, 15) is 14.4 Å². The summed E-state index contributed by atoms with van der Waals surface area (Å²) in [4.78, 5) is 35.2. The molecule has 0 aliphatic carbocycles. The van der Waals surface area contributed by atoms with Crippen LogP contribution in [0.4, 0.5) is 11.4 Å². The summed E-state index contributed by atoms with van der Waals surface area (Å²) < 4.78 is 5.25. The Hall–Kier alpha value is -3.46. The minimum absolute atomic E-state index is 0.0392. The Morgan fingerprint density at radius 2 is 1.62 bits per heavy atom. The van der Waals surface area contributed by atoms with E-state index in [1.807, 2.05) is 0 Å². The Morgan fingerprint density at radius 1 is 1.00 bits per heavy atom. The van der Waals surface area contributed by atoms with Gasteiger partial charge in [0.25, 0.3) is 5.91 Å². The zero-order chi connectivity index (χ0) is 21.6. The lowest BCUT2D eigenvalue weighted by Gasteiger charge is -2.14. The number of aromatic carboxylic acids is 1. The van der Waals surface area contributed by atoms with E-state index in [4.69, 9.17) is 22.1 Å². The smallest absolute Gasteiger partial charge is 0.335 e. The van der Waals surface area contributed by atoms with Gasteiger partial charge in [-0.05, 0) is 48.6 Å². The number of methoxy groups -OCH3 is 1. The van der Waals surface area contributed by atoms with Crippen LogP contribution < -0.4 is 20.7 Å². The lowest BCUT2D eigenvalue weighted by molar-refractivity contribution is -0.118. The van der Waals surface area contributed by atoms with Crippen molar-refractivity contribution in [2.75, 3.05) is 17.7 Å². The first kappa shape index (κ1) is 21.8. The lowest BCUT2D eigenvalue weighted by Crippen LogP contribution is -2.34. The van der Waals surface area contributed by atoms with Gasteiger partial charge in [0.1, 0.15) is 5.75 Å². The van der Waals surface area contributed by atoms with Crippen LogP contribution in [0.3, 0.4) is 0 Å². The molecule has 29 heavy (non-hydrogen) atoms. The number of anilines is 2. The molecule has 0 saturated carbocycles. The number of hydrogen-bond acceptors (Lipinski definition) is 5. The molecule has 0 spiro atoms. The Bertz CT molecular complexity index is 942. The Kier molecular flexibility index (Phi) is 7.27.